The molecule has 2 unspecified atom stereocenters. The van der Waals surface area contributed by atoms with Gasteiger partial charge in [-0.25, -0.2) is 0 Å². The second-order valence-corrected chi connectivity index (χ2v) is 6.06. The fraction of sp³-hybridized carbons (Fsp3) is 0.600. The Labute approximate surface area is 109 Å². The third-order valence-corrected chi connectivity index (χ3v) is 4.72. The molecule has 2 heteroatoms. The van der Waals surface area contributed by atoms with E-state index in [2.05, 4.69) is 38.1 Å². The van der Waals surface area contributed by atoms with E-state index in [0.29, 0.717) is 11.4 Å². The molecule has 94 valence electrons. The Morgan fingerprint density at radius 2 is 1.88 bits per heavy atom. The number of ether oxygens (including phenoxy) is 1. The molecule has 2 atom stereocenters. The van der Waals surface area contributed by atoms with Gasteiger partial charge in [-0.3, -0.25) is 0 Å². The molecule has 1 aliphatic carbocycles. The lowest BCUT2D eigenvalue weighted by Gasteiger charge is -2.30. The first-order valence-electron chi connectivity index (χ1n) is 6.64. The summed E-state index contributed by atoms with van der Waals surface area (Å²) in [5.41, 5.74) is 1.33. The van der Waals surface area contributed by atoms with Crippen molar-refractivity contribution in [2.75, 3.05) is 6.61 Å². The molecule has 0 spiro atoms. The Kier molecular flexibility index (Phi) is 4.93. The summed E-state index contributed by atoms with van der Waals surface area (Å²) in [6, 6.07) is 8.86. The smallest absolute Gasteiger partial charge is 0.0697 e. The third kappa shape index (κ3) is 3.75. The number of hydrogen-bond donors (Lipinski definition) is 0. The van der Waals surface area contributed by atoms with E-state index in [-0.39, 0.29) is 0 Å². The molecule has 1 nitrogen and oxygen atoms in total. The quantitative estimate of drug-likeness (QED) is 0.781. The van der Waals surface area contributed by atoms with Crippen molar-refractivity contribution in [2.45, 2.75) is 55.8 Å². The highest BCUT2D eigenvalue weighted by Crippen LogP contribution is 2.35. The highest BCUT2D eigenvalue weighted by molar-refractivity contribution is 8.00. The summed E-state index contributed by atoms with van der Waals surface area (Å²) in [7, 11) is 0. The molecule has 1 aliphatic rings. The number of thioether (sulfide) groups is 1. The van der Waals surface area contributed by atoms with Gasteiger partial charge >= 0.3 is 0 Å². The standard InChI is InChI=1S/C15H22OS/c1-3-16-14-6-4-5-7-15(14)17-13-10-8-12(2)9-11-13/h8-11,14-15H,3-7H2,1-2H3. The number of rotatable bonds is 4. The van der Waals surface area contributed by atoms with Crippen LogP contribution >= 0.6 is 11.8 Å². The maximum Gasteiger partial charge on any atom is 0.0697 e. The molecule has 1 aromatic carbocycles. The predicted octanol–water partition coefficient (Wildman–Crippen LogP) is 4.43. The molecule has 0 aromatic heterocycles. The zero-order chi connectivity index (χ0) is 12.1. The monoisotopic (exact) mass is 250 g/mol. The van der Waals surface area contributed by atoms with Crippen molar-refractivity contribution >= 4 is 11.8 Å². The maximum atomic E-state index is 5.87. The molecule has 17 heavy (non-hydrogen) atoms. The molecule has 1 aromatic rings. The van der Waals surface area contributed by atoms with Crippen LogP contribution in [0.4, 0.5) is 0 Å². The summed E-state index contributed by atoms with van der Waals surface area (Å²) in [6.45, 7) is 5.08. The van der Waals surface area contributed by atoms with Crippen molar-refractivity contribution in [3.8, 4) is 0 Å². The van der Waals surface area contributed by atoms with Crippen LogP contribution in [0.5, 0.6) is 0 Å². The van der Waals surface area contributed by atoms with E-state index < -0.39 is 0 Å². The average molecular weight is 250 g/mol. The van der Waals surface area contributed by atoms with Gasteiger partial charge in [0.2, 0.25) is 0 Å². The van der Waals surface area contributed by atoms with Crippen LogP contribution in [0.15, 0.2) is 29.2 Å². The van der Waals surface area contributed by atoms with E-state index in [4.69, 9.17) is 4.74 Å². The van der Waals surface area contributed by atoms with Gasteiger partial charge in [-0.15, -0.1) is 11.8 Å². The summed E-state index contributed by atoms with van der Waals surface area (Å²) in [5.74, 6) is 0. The Balaban J connectivity index is 1.97. The highest BCUT2D eigenvalue weighted by Gasteiger charge is 2.26. The van der Waals surface area contributed by atoms with Gasteiger partial charge < -0.3 is 4.74 Å². The predicted molar refractivity (Wildman–Crippen MR) is 74.7 cm³/mol. The topological polar surface area (TPSA) is 9.23 Å². The van der Waals surface area contributed by atoms with E-state index in [0.717, 1.165) is 6.61 Å². The fourth-order valence-corrected chi connectivity index (χ4v) is 3.69. The van der Waals surface area contributed by atoms with Crippen LogP contribution in [0, 0.1) is 6.92 Å². The normalized spacial score (nSPS) is 24.8. The lowest BCUT2D eigenvalue weighted by molar-refractivity contribution is 0.0415. The number of hydrogen-bond acceptors (Lipinski definition) is 2. The van der Waals surface area contributed by atoms with Gasteiger partial charge in [-0.2, -0.15) is 0 Å². The van der Waals surface area contributed by atoms with Crippen molar-refractivity contribution in [3.63, 3.8) is 0 Å². The summed E-state index contributed by atoms with van der Waals surface area (Å²) < 4.78 is 5.87. The van der Waals surface area contributed by atoms with Gasteiger partial charge in [0.05, 0.1) is 6.10 Å². The molecule has 2 rings (SSSR count). The zero-order valence-corrected chi connectivity index (χ0v) is 11.6. The summed E-state index contributed by atoms with van der Waals surface area (Å²) in [4.78, 5) is 1.38. The molecule has 1 fully saturated rings. The molecule has 0 saturated heterocycles. The second-order valence-electron chi connectivity index (χ2n) is 4.75. The summed E-state index contributed by atoms with van der Waals surface area (Å²) in [5, 5.41) is 0.645. The van der Waals surface area contributed by atoms with Crippen molar-refractivity contribution in [1.82, 2.24) is 0 Å². The first-order valence-corrected chi connectivity index (χ1v) is 7.52. The Morgan fingerprint density at radius 3 is 2.59 bits per heavy atom. The molecule has 0 N–H and O–H groups in total. The van der Waals surface area contributed by atoms with Crippen LogP contribution in [0.3, 0.4) is 0 Å². The van der Waals surface area contributed by atoms with Crippen molar-refractivity contribution in [2.24, 2.45) is 0 Å². The molecular weight excluding hydrogens is 228 g/mol. The molecule has 0 heterocycles. The van der Waals surface area contributed by atoms with Crippen LogP contribution in [-0.2, 0) is 4.74 Å². The fourth-order valence-electron chi connectivity index (χ4n) is 2.39. The molecule has 0 amide bonds. The van der Waals surface area contributed by atoms with Crippen LogP contribution in [0.25, 0.3) is 0 Å². The molecular formula is C15H22OS. The Hall–Kier alpha value is -0.470. The first-order chi connectivity index (χ1) is 8.29. The zero-order valence-electron chi connectivity index (χ0n) is 10.8. The van der Waals surface area contributed by atoms with Gasteiger partial charge in [-0.1, -0.05) is 30.5 Å². The van der Waals surface area contributed by atoms with E-state index in [1.54, 1.807) is 0 Å². The Morgan fingerprint density at radius 1 is 1.18 bits per heavy atom. The Bertz CT molecular complexity index is 331. The van der Waals surface area contributed by atoms with Crippen LogP contribution in [0.2, 0.25) is 0 Å². The third-order valence-electron chi connectivity index (χ3n) is 3.33. The van der Waals surface area contributed by atoms with Crippen molar-refractivity contribution in [3.05, 3.63) is 29.8 Å². The van der Waals surface area contributed by atoms with Gasteiger partial charge in [0.25, 0.3) is 0 Å². The lowest BCUT2D eigenvalue weighted by atomic mass is 9.97. The van der Waals surface area contributed by atoms with Gasteiger partial charge in [0.1, 0.15) is 0 Å². The van der Waals surface area contributed by atoms with Gasteiger partial charge in [-0.05, 0) is 38.8 Å². The van der Waals surface area contributed by atoms with E-state index in [1.807, 2.05) is 11.8 Å². The summed E-state index contributed by atoms with van der Waals surface area (Å²) >= 11 is 2.00. The number of aryl methyl sites for hydroxylation is 1. The van der Waals surface area contributed by atoms with Crippen molar-refractivity contribution in [1.29, 1.82) is 0 Å². The van der Waals surface area contributed by atoms with E-state index >= 15 is 0 Å². The summed E-state index contributed by atoms with van der Waals surface area (Å²) in [6.07, 6.45) is 5.67. The largest absolute Gasteiger partial charge is 0.377 e. The second kappa shape index (κ2) is 6.46. The molecule has 1 saturated carbocycles. The maximum absolute atomic E-state index is 5.87. The van der Waals surface area contributed by atoms with Crippen molar-refractivity contribution < 1.29 is 4.74 Å². The molecule has 0 bridgehead atoms. The van der Waals surface area contributed by atoms with E-state index in [9.17, 15) is 0 Å². The minimum Gasteiger partial charge on any atom is -0.377 e. The SMILES string of the molecule is CCOC1CCCCC1Sc1ccc(C)cc1. The van der Waals surface area contributed by atoms with Gasteiger partial charge in [0.15, 0.2) is 0 Å². The van der Waals surface area contributed by atoms with Gasteiger partial charge in [0, 0.05) is 16.8 Å². The molecule has 0 aliphatic heterocycles. The number of benzene rings is 1. The first kappa shape index (κ1) is 13.0. The average Bonchev–Trinajstić information content (AvgIpc) is 2.35. The lowest BCUT2D eigenvalue weighted by Crippen LogP contribution is -2.30. The van der Waals surface area contributed by atoms with Crippen LogP contribution in [0.1, 0.15) is 38.2 Å². The van der Waals surface area contributed by atoms with Crippen LogP contribution in [-0.4, -0.2) is 18.0 Å². The molecule has 0 radical (unpaired) electrons. The van der Waals surface area contributed by atoms with Crippen LogP contribution < -0.4 is 0 Å². The highest BCUT2D eigenvalue weighted by atomic mass is 32.2. The van der Waals surface area contributed by atoms with E-state index in [1.165, 1.54) is 36.1 Å². The minimum absolute atomic E-state index is 0.458. The minimum atomic E-state index is 0.458.